The number of rotatable bonds is 5. The minimum absolute atomic E-state index is 0.246. The van der Waals surface area contributed by atoms with E-state index in [-0.39, 0.29) is 5.91 Å². The van der Waals surface area contributed by atoms with Crippen molar-refractivity contribution in [3.8, 4) is 22.8 Å². The standard InChI is InChI=1S/C22H19N3O3S/c1-27-17-11-8-13(12-18(17)28-2)16-10-9-15-19(23)20(29-22(15)25-16)21(26)24-14-6-4-3-5-7-14/h3-12H,23H2,1-2H3,(H,24,26). The molecule has 2 heterocycles. The number of para-hydroxylation sites is 1. The van der Waals surface area contributed by atoms with E-state index in [0.717, 1.165) is 16.6 Å². The lowest BCUT2D eigenvalue weighted by molar-refractivity contribution is 0.103. The van der Waals surface area contributed by atoms with Crippen LogP contribution in [0.4, 0.5) is 11.4 Å². The molecule has 2 aromatic carbocycles. The van der Waals surface area contributed by atoms with Gasteiger partial charge in [0.05, 0.1) is 25.6 Å². The number of benzene rings is 2. The second-order valence-corrected chi connectivity index (χ2v) is 7.28. The van der Waals surface area contributed by atoms with Crippen LogP contribution < -0.4 is 20.5 Å². The summed E-state index contributed by atoms with van der Waals surface area (Å²) in [4.78, 5) is 18.5. The Balaban J connectivity index is 1.69. The van der Waals surface area contributed by atoms with E-state index < -0.39 is 0 Å². The molecule has 0 aliphatic carbocycles. The number of hydrogen-bond acceptors (Lipinski definition) is 6. The molecule has 0 unspecified atom stereocenters. The number of methoxy groups -OCH3 is 2. The fourth-order valence-corrected chi connectivity index (χ4v) is 4.02. The van der Waals surface area contributed by atoms with E-state index in [2.05, 4.69) is 5.32 Å². The summed E-state index contributed by atoms with van der Waals surface area (Å²) >= 11 is 1.27. The SMILES string of the molecule is COc1ccc(-c2ccc3c(N)c(C(=O)Nc4ccccc4)sc3n2)cc1OC. The lowest BCUT2D eigenvalue weighted by Crippen LogP contribution is -2.11. The van der Waals surface area contributed by atoms with Crippen LogP contribution in [0.3, 0.4) is 0 Å². The molecule has 0 spiro atoms. The van der Waals surface area contributed by atoms with Crippen LogP contribution in [-0.2, 0) is 0 Å². The molecule has 4 rings (SSSR count). The van der Waals surface area contributed by atoms with Crippen molar-refractivity contribution in [3.63, 3.8) is 0 Å². The Morgan fingerprint density at radius 1 is 1.00 bits per heavy atom. The molecule has 0 fully saturated rings. The highest BCUT2D eigenvalue weighted by atomic mass is 32.1. The minimum Gasteiger partial charge on any atom is -0.493 e. The number of anilines is 2. The zero-order valence-electron chi connectivity index (χ0n) is 15.9. The maximum absolute atomic E-state index is 12.7. The number of carbonyl (C=O) groups is 1. The Morgan fingerprint density at radius 3 is 2.48 bits per heavy atom. The number of nitrogens with two attached hydrogens (primary N) is 1. The summed E-state index contributed by atoms with van der Waals surface area (Å²) in [5.41, 5.74) is 9.03. The van der Waals surface area contributed by atoms with Crippen molar-refractivity contribution in [1.82, 2.24) is 4.98 Å². The maximum atomic E-state index is 12.7. The van der Waals surface area contributed by atoms with E-state index >= 15 is 0 Å². The van der Waals surface area contributed by atoms with Gasteiger partial charge in [-0.2, -0.15) is 0 Å². The first-order valence-corrected chi connectivity index (χ1v) is 9.70. The van der Waals surface area contributed by atoms with Gasteiger partial charge in [0.1, 0.15) is 9.71 Å². The quantitative estimate of drug-likeness (QED) is 0.497. The number of amides is 1. The first kappa shape index (κ1) is 18.8. The first-order valence-electron chi connectivity index (χ1n) is 8.88. The number of carbonyl (C=O) groups excluding carboxylic acids is 1. The van der Waals surface area contributed by atoms with Gasteiger partial charge >= 0.3 is 0 Å². The molecule has 0 saturated heterocycles. The number of nitrogen functional groups attached to an aromatic ring is 1. The van der Waals surface area contributed by atoms with E-state index in [9.17, 15) is 4.79 Å². The lowest BCUT2D eigenvalue weighted by Gasteiger charge is -2.09. The Labute approximate surface area is 171 Å². The number of nitrogens with one attached hydrogen (secondary N) is 1. The molecule has 1 amide bonds. The highest BCUT2D eigenvalue weighted by Crippen LogP contribution is 2.36. The van der Waals surface area contributed by atoms with Gasteiger partial charge in [-0.1, -0.05) is 18.2 Å². The van der Waals surface area contributed by atoms with Crippen molar-refractivity contribution in [2.24, 2.45) is 0 Å². The molecule has 0 saturated carbocycles. The Hall–Kier alpha value is -3.58. The molecule has 29 heavy (non-hydrogen) atoms. The molecule has 0 bridgehead atoms. The van der Waals surface area contributed by atoms with E-state index in [1.54, 1.807) is 14.2 Å². The summed E-state index contributed by atoms with van der Waals surface area (Å²) in [5, 5.41) is 3.63. The van der Waals surface area contributed by atoms with Gasteiger partial charge in [0.15, 0.2) is 11.5 Å². The zero-order valence-corrected chi connectivity index (χ0v) is 16.7. The highest BCUT2D eigenvalue weighted by molar-refractivity contribution is 7.21. The topological polar surface area (TPSA) is 86.5 Å². The zero-order chi connectivity index (χ0) is 20.4. The molecule has 0 aliphatic heterocycles. The van der Waals surface area contributed by atoms with E-state index in [1.807, 2.05) is 60.7 Å². The molecule has 0 radical (unpaired) electrons. The van der Waals surface area contributed by atoms with Crippen LogP contribution in [0.25, 0.3) is 21.5 Å². The largest absolute Gasteiger partial charge is 0.493 e. The fourth-order valence-electron chi connectivity index (χ4n) is 3.03. The average molecular weight is 405 g/mol. The summed E-state index contributed by atoms with van der Waals surface area (Å²) in [6, 6.07) is 18.7. The average Bonchev–Trinajstić information content (AvgIpc) is 3.10. The summed E-state index contributed by atoms with van der Waals surface area (Å²) in [7, 11) is 3.19. The fraction of sp³-hybridized carbons (Fsp3) is 0.0909. The Morgan fingerprint density at radius 2 is 1.76 bits per heavy atom. The number of nitrogens with zero attached hydrogens (tertiary/aromatic N) is 1. The van der Waals surface area contributed by atoms with E-state index in [4.69, 9.17) is 20.2 Å². The summed E-state index contributed by atoms with van der Waals surface area (Å²) in [6.07, 6.45) is 0. The van der Waals surface area contributed by atoms with Gasteiger partial charge in [-0.3, -0.25) is 4.79 Å². The van der Waals surface area contributed by atoms with Crippen molar-refractivity contribution >= 4 is 38.8 Å². The molecule has 146 valence electrons. The molecule has 4 aromatic rings. The number of pyridine rings is 1. The number of thiophene rings is 1. The van der Waals surface area contributed by atoms with Gasteiger partial charge in [-0.05, 0) is 42.5 Å². The van der Waals surface area contributed by atoms with Crippen molar-refractivity contribution in [3.05, 3.63) is 65.5 Å². The maximum Gasteiger partial charge on any atom is 0.267 e. The van der Waals surface area contributed by atoms with Crippen LogP contribution in [0.2, 0.25) is 0 Å². The van der Waals surface area contributed by atoms with Gasteiger partial charge < -0.3 is 20.5 Å². The van der Waals surface area contributed by atoms with Crippen LogP contribution >= 0.6 is 11.3 Å². The lowest BCUT2D eigenvalue weighted by atomic mass is 10.1. The highest BCUT2D eigenvalue weighted by Gasteiger charge is 2.18. The summed E-state index contributed by atoms with van der Waals surface area (Å²) in [5.74, 6) is 1.03. The van der Waals surface area contributed by atoms with Crippen molar-refractivity contribution < 1.29 is 14.3 Å². The van der Waals surface area contributed by atoms with Crippen LogP contribution in [0.5, 0.6) is 11.5 Å². The third kappa shape index (κ3) is 3.60. The molecule has 7 heteroatoms. The number of fused-ring (bicyclic) bond motifs is 1. The Bertz CT molecular complexity index is 1190. The van der Waals surface area contributed by atoms with Crippen LogP contribution in [0.1, 0.15) is 9.67 Å². The third-order valence-corrected chi connectivity index (χ3v) is 5.62. The van der Waals surface area contributed by atoms with Gasteiger partial charge in [-0.15, -0.1) is 11.3 Å². The smallest absolute Gasteiger partial charge is 0.267 e. The monoisotopic (exact) mass is 405 g/mol. The second-order valence-electron chi connectivity index (χ2n) is 6.28. The molecule has 0 aliphatic rings. The van der Waals surface area contributed by atoms with Crippen molar-refractivity contribution in [1.29, 1.82) is 0 Å². The van der Waals surface area contributed by atoms with Gasteiger partial charge in [0.25, 0.3) is 5.91 Å². The third-order valence-electron chi connectivity index (χ3n) is 4.51. The van der Waals surface area contributed by atoms with E-state index in [0.29, 0.717) is 32.6 Å². The number of hydrogen-bond donors (Lipinski definition) is 2. The predicted octanol–water partition coefficient (Wildman–Crippen LogP) is 4.82. The van der Waals surface area contributed by atoms with Crippen LogP contribution in [0, 0.1) is 0 Å². The molecular weight excluding hydrogens is 386 g/mol. The van der Waals surface area contributed by atoms with Crippen molar-refractivity contribution in [2.45, 2.75) is 0 Å². The molecule has 0 atom stereocenters. The molecule has 2 aromatic heterocycles. The number of aromatic nitrogens is 1. The van der Waals surface area contributed by atoms with Gasteiger partial charge in [0, 0.05) is 16.6 Å². The summed E-state index contributed by atoms with van der Waals surface area (Å²) in [6.45, 7) is 0. The first-order chi connectivity index (χ1) is 14.1. The van der Waals surface area contributed by atoms with Crippen LogP contribution in [-0.4, -0.2) is 25.1 Å². The molecule has 6 nitrogen and oxygen atoms in total. The number of ether oxygens (including phenoxy) is 2. The van der Waals surface area contributed by atoms with E-state index in [1.165, 1.54) is 11.3 Å². The predicted molar refractivity (Wildman–Crippen MR) is 117 cm³/mol. The Kier molecular flexibility index (Phi) is 5.05. The van der Waals surface area contributed by atoms with Gasteiger partial charge in [0.2, 0.25) is 0 Å². The normalized spacial score (nSPS) is 10.7. The van der Waals surface area contributed by atoms with Gasteiger partial charge in [-0.25, -0.2) is 4.98 Å². The minimum atomic E-state index is -0.246. The van der Waals surface area contributed by atoms with Crippen molar-refractivity contribution in [2.75, 3.05) is 25.3 Å². The summed E-state index contributed by atoms with van der Waals surface area (Å²) < 4.78 is 10.7. The second kappa shape index (κ2) is 7.81. The van der Waals surface area contributed by atoms with Crippen LogP contribution in [0.15, 0.2) is 60.7 Å². The molecular formula is C22H19N3O3S. The molecule has 3 N–H and O–H groups in total.